The first-order valence-electron chi connectivity index (χ1n) is 5.57. The van der Waals surface area contributed by atoms with Gasteiger partial charge in [0.2, 0.25) is 0 Å². The average molecular weight is 265 g/mol. The van der Waals surface area contributed by atoms with Crippen LogP contribution in [0.15, 0.2) is 24.3 Å². The van der Waals surface area contributed by atoms with E-state index in [4.69, 9.17) is 5.73 Å². The van der Waals surface area contributed by atoms with Crippen molar-refractivity contribution in [3.8, 4) is 0 Å². The van der Waals surface area contributed by atoms with E-state index in [0.29, 0.717) is 11.3 Å². The number of ketones is 1. The van der Waals surface area contributed by atoms with E-state index < -0.39 is 12.1 Å². The number of hydrogen-bond acceptors (Lipinski definition) is 4. The number of primary amides is 1. The summed E-state index contributed by atoms with van der Waals surface area (Å²) < 4.78 is 4.44. The third-order valence-electron chi connectivity index (χ3n) is 2.18. The molecule has 0 fully saturated rings. The highest BCUT2D eigenvalue weighted by Gasteiger charge is 2.03. The van der Waals surface area contributed by atoms with Crippen molar-refractivity contribution in [1.29, 1.82) is 0 Å². The zero-order chi connectivity index (χ0) is 14.3. The number of nitrogens with one attached hydrogen (secondary N) is 2. The highest BCUT2D eigenvalue weighted by atomic mass is 16.5. The number of amides is 3. The smallest absolute Gasteiger partial charge is 0.404 e. The SMILES string of the molecule is CC(=O)c1ccc(NC(=O)NCCOC(N)=O)cc1. The lowest BCUT2D eigenvalue weighted by molar-refractivity contribution is 0.101. The largest absolute Gasteiger partial charge is 0.448 e. The summed E-state index contributed by atoms with van der Waals surface area (Å²) in [6, 6.07) is 6.04. The number of Topliss-reactive ketones (excluding diaryl/α,β-unsaturated/α-hetero) is 1. The normalized spacial score (nSPS) is 9.53. The molecule has 0 heterocycles. The maximum absolute atomic E-state index is 11.4. The van der Waals surface area contributed by atoms with E-state index in [-0.39, 0.29) is 18.9 Å². The molecule has 0 aliphatic carbocycles. The lowest BCUT2D eigenvalue weighted by atomic mass is 10.1. The molecule has 3 amide bonds. The minimum absolute atomic E-state index is 0.00598. The summed E-state index contributed by atoms with van der Waals surface area (Å²) in [4.78, 5) is 32.7. The zero-order valence-corrected chi connectivity index (χ0v) is 10.4. The quantitative estimate of drug-likeness (QED) is 0.547. The van der Waals surface area contributed by atoms with Gasteiger partial charge >= 0.3 is 12.1 Å². The fraction of sp³-hybridized carbons (Fsp3) is 0.250. The summed E-state index contributed by atoms with van der Waals surface area (Å²) >= 11 is 0. The van der Waals surface area contributed by atoms with Gasteiger partial charge in [0.1, 0.15) is 6.61 Å². The summed E-state index contributed by atoms with van der Waals surface area (Å²) in [7, 11) is 0. The van der Waals surface area contributed by atoms with Crippen molar-refractivity contribution in [2.24, 2.45) is 5.73 Å². The molecule has 1 rings (SSSR count). The van der Waals surface area contributed by atoms with Crippen LogP contribution < -0.4 is 16.4 Å². The molecule has 1 aromatic rings. The molecule has 7 nitrogen and oxygen atoms in total. The molecule has 0 saturated carbocycles. The van der Waals surface area contributed by atoms with E-state index in [9.17, 15) is 14.4 Å². The molecule has 102 valence electrons. The van der Waals surface area contributed by atoms with Gasteiger partial charge in [-0.1, -0.05) is 0 Å². The van der Waals surface area contributed by atoms with Gasteiger partial charge in [0.15, 0.2) is 5.78 Å². The Morgan fingerprint density at radius 3 is 2.37 bits per heavy atom. The van der Waals surface area contributed by atoms with Crippen LogP contribution in [-0.2, 0) is 4.74 Å². The zero-order valence-electron chi connectivity index (χ0n) is 10.4. The minimum atomic E-state index is -0.887. The van der Waals surface area contributed by atoms with Gasteiger partial charge in [0.05, 0.1) is 6.54 Å². The van der Waals surface area contributed by atoms with Gasteiger partial charge < -0.3 is 21.1 Å². The van der Waals surface area contributed by atoms with E-state index in [2.05, 4.69) is 15.4 Å². The van der Waals surface area contributed by atoms with E-state index in [0.717, 1.165) is 0 Å². The predicted octanol–water partition coefficient (Wildman–Crippen LogP) is 1.11. The van der Waals surface area contributed by atoms with Gasteiger partial charge in [-0.15, -0.1) is 0 Å². The Bertz CT molecular complexity index is 470. The first-order chi connectivity index (χ1) is 8.99. The van der Waals surface area contributed by atoms with Gasteiger partial charge in [-0.25, -0.2) is 9.59 Å². The van der Waals surface area contributed by atoms with E-state index in [1.807, 2.05) is 0 Å². The summed E-state index contributed by atoms with van der Waals surface area (Å²) in [5.74, 6) is -0.0420. The number of urea groups is 1. The summed E-state index contributed by atoms with van der Waals surface area (Å²) in [6.45, 7) is 1.63. The molecule has 0 spiro atoms. The number of benzene rings is 1. The third-order valence-corrected chi connectivity index (χ3v) is 2.18. The Morgan fingerprint density at radius 1 is 1.21 bits per heavy atom. The fourth-order valence-electron chi connectivity index (χ4n) is 1.28. The van der Waals surface area contributed by atoms with Crippen LogP contribution in [0.3, 0.4) is 0 Å². The van der Waals surface area contributed by atoms with Crippen LogP contribution in [0.5, 0.6) is 0 Å². The second kappa shape index (κ2) is 7.00. The van der Waals surface area contributed by atoms with Gasteiger partial charge in [0, 0.05) is 11.3 Å². The fourth-order valence-corrected chi connectivity index (χ4v) is 1.28. The topological polar surface area (TPSA) is 111 Å². The lowest BCUT2D eigenvalue weighted by Crippen LogP contribution is -2.32. The molecule has 4 N–H and O–H groups in total. The highest BCUT2D eigenvalue weighted by Crippen LogP contribution is 2.09. The van der Waals surface area contributed by atoms with Crippen LogP contribution in [0.25, 0.3) is 0 Å². The van der Waals surface area contributed by atoms with Crippen molar-refractivity contribution in [3.05, 3.63) is 29.8 Å². The molecular weight excluding hydrogens is 250 g/mol. The van der Waals surface area contributed by atoms with Crippen molar-refractivity contribution in [3.63, 3.8) is 0 Å². The van der Waals surface area contributed by atoms with E-state index in [1.165, 1.54) is 6.92 Å². The number of rotatable bonds is 5. The standard InChI is InChI=1S/C12H15N3O4/c1-8(16)9-2-4-10(5-3-9)15-12(18)14-6-7-19-11(13)17/h2-5H,6-7H2,1H3,(H2,13,17)(H2,14,15,18). The average Bonchev–Trinajstić information content (AvgIpc) is 2.35. The first kappa shape index (κ1) is 14.5. The number of ether oxygens (including phenoxy) is 1. The van der Waals surface area contributed by atoms with Crippen molar-refractivity contribution in [2.75, 3.05) is 18.5 Å². The number of carbonyl (C=O) groups excluding carboxylic acids is 3. The monoisotopic (exact) mass is 265 g/mol. The van der Waals surface area contributed by atoms with Crippen LogP contribution in [0.4, 0.5) is 15.3 Å². The molecule has 0 bridgehead atoms. The number of anilines is 1. The Hall–Kier alpha value is -2.57. The minimum Gasteiger partial charge on any atom is -0.448 e. The predicted molar refractivity (Wildman–Crippen MR) is 69.0 cm³/mol. The second-order valence-electron chi connectivity index (χ2n) is 3.68. The molecule has 0 aliphatic rings. The Labute approximate surface area is 110 Å². The Morgan fingerprint density at radius 2 is 1.84 bits per heavy atom. The van der Waals surface area contributed by atoms with Gasteiger partial charge in [-0.3, -0.25) is 4.79 Å². The Balaban J connectivity index is 2.35. The summed E-state index contributed by atoms with van der Waals surface area (Å²) in [5, 5.41) is 5.04. The third kappa shape index (κ3) is 5.53. The van der Waals surface area contributed by atoms with E-state index in [1.54, 1.807) is 24.3 Å². The summed E-state index contributed by atoms with van der Waals surface area (Å²) in [6.07, 6.45) is -0.887. The van der Waals surface area contributed by atoms with Crippen molar-refractivity contribution in [2.45, 2.75) is 6.92 Å². The number of nitrogens with two attached hydrogens (primary N) is 1. The maximum atomic E-state index is 11.4. The van der Waals surface area contributed by atoms with Crippen LogP contribution in [0.2, 0.25) is 0 Å². The number of hydrogen-bond donors (Lipinski definition) is 3. The van der Waals surface area contributed by atoms with Crippen LogP contribution in [0.1, 0.15) is 17.3 Å². The van der Waals surface area contributed by atoms with Crippen molar-refractivity contribution < 1.29 is 19.1 Å². The van der Waals surface area contributed by atoms with Crippen molar-refractivity contribution >= 4 is 23.6 Å². The van der Waals surface area contributed by atoms with Crippen LogP contribution in [0, 0.1) is 0 Å². The first-order valence-corrected chi connectivity index (χ1v) is 5.57. The lowest BCUT2D eigenvalue weighted by Gasteiger charge is -2.07. The highest BCUT2D eigenvalue weighted by molar-refractivity contribution is 5.95. The maximum Gasteiger partial charge on any atom is 0.404 e. The molecule has 0 unspecified atom stereocenters. The molecule has 1 aromatic carbocycles. The molecule has 19 heavy (non-hydrogen) atoms. The van der Waals surface area contributed by atoms with Gasteiger partial charge in [-0.2, -0.15) is 0 Å². The van der Waals surface area contributed by atoms with E-state index >= 15 is 0 Å². The molecule has 0 aliphatic heterocycles. The number of carbonyl (C=O) groups is 3. The van der Waals surface area contributed by atoms with Crippen LogP contribution in [-0.4, -0.2) is 31.1 Å². The molecule has 7 heteroatoms. The van der Waals surface area contributed by atoms with Crippen LogP contribution >= 0.6 is 0 Å². The molecule has 0 radical (unpaired) electrons. The van der Waals surface area contributed by atoms with Gasteiger partial charge in [0.25, 0.3) is 0 Å². The summed E-state index contributed by atoms with van der Waals surface area (Å²) in [5.41, 5.74) is 5.88. The molecule has 0 saturated heterocycles. The Kier molecular flexibility index (Phi) is 5.34. The molecule has 0 atom stereocenters. The van der Waals surface area contributed by atoms with Gasteiger partial charge in [-0.05, 0) is 31.2 Å². The molecular formula is C12H15N3O4. The molecule has 0 aromatic heterocycles. The van der Waals surface area contributed by atoms with Crippen molar-refractivity contribution in [1.82, 2.24) is 5.32 Å². The second-order valence-corrected chi connectivity index (χ2v) is 3.68.